The van der Waals surface area contributed by atoms with Gasteiger partial charge in [-0.25, -0.2) is 4.21 Å². The minimum atomic E-state index is -1.89. The highest BCUT2D eigenvalue weighted by molar-refractivity contribution is 7.82. The van der Waals surface area contributed by atoms with Crippen LogP contribution >= 0.6 is 0 Å². The van der Waals surface area contributed by atoms with E-state index in [-0.39, 0.29) is 0 Å². The molecule has 1 aliphatic carbocycles. The Morgan fingerprint density at radius 2 is 1.88 bits per heavy atom. The van der Waals surface area contributed by atoms with Gasteiger partial charge in [-0.3, -0.25) is 0 Å². The first kappa shape index (κ1) is 12.3. The fraction of sp³-hybridized carbons (Fsp3) is 0.385. The molecule has 0 bridgehead atoms. The molecule has 0 radical (unpaired) electrons. The van der Waals surface area contributed by atoms with Gasteiger partial charge in [0.1, 0.15) is 5.75 Å². The first-order valence-corrected chi connectivity index (χ1v) is 6.95. The van der Waals surface area contributed by atoms with E-state index in [2.05, 4.69) is 0 Å². The summed E-state index contributed by atoms with van der Waals surface area (Å²) in [6.45, 7) is 0. The van der Waals surface area contributed by atoms with Crippen LogP contribution in [0.15, 0.2) is 29.7 Å². The van der Waals surface area contributed by atoms with E-state index in [9.17, 15) is 4.21 Å². The fourth-order valence-corrected chi connectivity index (χ4v) is 2.27. The summed E-state index contributed by atoms with van der Waals surface area (Å²) in [6, 6.07) is 7.57. The summed E-state index contributed by atoms with van der Waals surface area (Å²) < 4.78 is 24.9. The highest BCUT2D eigenvalue weighted by Gasteiger charge is 2.15. The van der Waals surface area contributed by atoms with Crippen molar-refractivity contribution in [1.29, 1.82) is 0 Å². The molecule has 0 saturated heterocycles. The largest absolute Gasteiger partial charge is 0.490 e. The minimum absolute atomic E-state index is 0.362. The molecule has 0 amide bonds. The van der Waals surface area contributed by atoms with E-state index in [1.54, 1.807) is 6.08 Å². The van der Waals surface area contributed by atoms with Crippen LogP contribution in [0, 0.1) is 0 Å². The lowest BCUT2D eigenvalue weighted by Gasteiger charge is -2.12. The van der Waals surface area contributed by atoms with Crippen LogP contribution in [-0.4, -0.2) is 14.9 Å². The topological polar surface area (TPSA) is 46.5 Å². The zero-order valence-corrected chi connectivity index (χ0v) is 10.4. The molecule has 2 rings (SSSR count). The standard InChI is InChI=1S/C13H16O3S/c14-17(15)10-9-11-5-7-13(8-6-11)16-12-3-1-2-4-12/h5-10,12H,1-4H2,(H,14,15)/b10-9+. The van der Waals surface area contributed by atoms with E-state index in [1.165, 1.54) is 18.2 Å². The third kappa shape index (κ3) is 3.98. The van der Waals surface area contributed by atoms with Crippen LogP contribution in [0.3, 0.4) is 0 Å². The molecular weight excluding hydrogens is 236 g/mol. The molecule has 1 N–H and O–H groups in total. The molecule has 1 saturated carbocycles. The summed E-state index contributed by atoms with van der Waals surface area (Å²) in [7, 11) is 0. The lowest BCUT2D eigenvalue weighted by atomic mass is 10.2. The predicted octanol–water partition coefficient (Wildman–Crippen LogP) is 3.20. The SMILES string of the molecule is O=S(O)/C=C/c1ccc(OC2CCCC2)cc1. The van der Waals surface area contributed by atoms with Crippen molar-refractivity contribution in [3.8, 4) is 5.75 Å². The van der Waals surface area contributed by atoms with Crippen LogP contribution in [0.4, 0.5) is 0 Å². The molecule has 1 aromatic carbocycles. The van der Waals surface area contributed by atoms with E-state index in [1.807, 2.05) is 24.3 Å². The lowest BCUT2D eigenvalue weighted by Crippen LogP contribution is -2.10. The van der Waals surface area contributed by atoms with Crippen LogP contribution in [-0.2, 0) is 11.1 Å². The van der Waals surface area contributed by atoms with Gasteiger partial charge >= 0.3 is 0 Å². The van der Waals surface area contributed by atoms with Gasteiger partial charge in [0.2, 0.25) is 0 Å². The smallest absolute Gasteiger partial charge is 0.178 e. The van der Waals surface area contributed by atoms with Crippen LogP contribution in [0.25, 0.3) is 6.08 Å². The van der Waals surface area contributed by atoms with Gasteiger partial charge in [0.15, 0.2) is 11.1 Å². The molecule has 4 heteroatoms. The summed E-state index contributed by atoms with van der Waals surface area (Å²) in [5, 5.41) is 1.24. The quantitative estimate of drug-likeness (QED) is 0.837. The van der Waals surface area contributed by atoms with Gasteiger partial charge in [0.05, 0.1) is 6.10 Å². The Morgan fingerprint density at radius 3 is 2.47 bits per heavy atom. The number of ether oxygens (including phenoxy) is 1. The van der Waals surface area contributed by atoms with E-state index >= 15 is 0 Å². The summed E-state index contributed by atoms with van der Waals surface area (Å²) in [5.41, 5.74) is 0.895. The number of hydrogen-bond donors (Lipinski definition) is 1. The molecular formula is C13H16O3S. The second-order valence-electron chi connectivity index (χ2n) is 4.17. The Labute approximate surface area is 104 Å². The Hall–Kier alpha value is -1.13. The Morgan fingerprint density at radius 1 is 1.24 bits per heavy atom. The summed E-state index contributed by atoms with van der Waals surface area (Å²) >= 11 is -1.89. The monoisotopic (exact) mass is 252 g/mol. The molecule has 0 heterocycles. The van der Waals surface area contributed by atoms with Gasteiger partial charge in [-0.15, -0.1) is 0 Å². The van der Waals surface area contributed by atoms with E-state index < -0.39 is 11.1 Å². The second-order valence-corrected chi connectivity index (χ2v) is 5.00. The van der Waals surface area contributed by atoms with Crippen LogP contribution < -0.4 is 4.74 Å². The van der Waals surface area contributed by atoms with E-state index in [4.69, 9.17) is 9.29 Å². The molecule has 3 nitrogen and oxygen atoms in total. The summed E-state index contributed by atoms with van der Waals surface area (Å²) in [5.74, 6) is 0.874. The summed E-state index contributed by atoms with van der Waals surface area (Å²) in [4.78, 5) is 0. The number of hydrogen-bond acceptors (Lipinski definition) is 2. The average Bonchev–Trinajstić information content (AvgIpc) is 2.81. The van der Waals surface area contributed by atoms with Crippen molar-refractivity contribution in [3.63, 3.8) is 0 Å². The Kier molecular flexibility index (Phi) is 4.34. The molecule has 1 unspecified atom stereocenters. The molecule has 1 atom stereocenters. The van der Waals surface area contributed by atoms with Crippen molar-refractivity contribution < 1.29 is 13.5 Å². The zero-order valence-electron chi connectivity index (χ0n) is 9.54. The maximum Gasteiger partial charge on any atom is 0.178 e. The maximum atomic E-state index is 10.5. The van der Waals surface area contributed by atoms with Crippen molar-refractivity contribution in [2.75, 3.05) is 0 Å². The molecule has 1 aromatic rings. The van der Waals surface area contributed by atoms with Crippen molar-refractivity contribution in [1.82, 2.24) is 0 Å². The van der Waals surface area contributed by atoms with Crippen molar-refractivity contribution in [2.45, 2.75) is 31.8 Å². The van der Waals surface area contributed by atoms with E-state index in [0.29, 0.717) is 6.10 Å². The average molecular weight is 252 g/mol. The normalized spacial score (nSPS) is 18.6. The lowest BCUT2D eigenvalue weighted by molar-refractivity contribution is 0.210. The molecule has 0 aromatic heterocycles. The van der Waals surface area contributed by atoms with Gasteiger partial charge in [0.25, 0.3) is 0 Å². The molecule has 0 aliphatic heterocycles. The van der Waals surface area contributed by atoms with E-state index in [0.717, 1.165) is 24.2 Å². The highest BCUT2D eigenvalue weighted by atomic mass is 32.2. The van der Waals surface area contributed by atoms with Crippen molar-refractivity contribution in [2.24, 2.45) is 0 Å². The number of rotatable bonds is 4. The van der Waals surface area contributed by atoms with Gasteiger partial charge in [0, 0.05) is 5.41 Å². The van der Waals surface area contributed by atoms with Crippen LogP contribution in [0.1, 0.15) is 31.2 Å². The summed E-state index contributed by atoms with van der Waals surface area (Å²) in [6.07, 6.45) is 6.79. The first-order valence-electron chi connectivity index (χ1n) is 5.78. The second kappa shape index (κ2) is 5.98. The van der Waals surface area contributed by atoms with Gasteiger partial charge in [-0.05, 0) is 49.5 Å². The number of benzene rings is 1. The van der Waals surface area contributed by atoms with Gasteiger partial charge in [-0.1, -0.05) is 12.1 Å². The maximum absolute atomic E-state index is 10.5. The Bertz CT molecular complexity index is 405. The van der Waals surface area contributed by atoms with Gasteiger partial charge < -0.3 is 9.29 Å². The third-order valence-corrected chi connectivity index (χ3v) is 3.23. The molecule has 92 valence electrons. The Balaban J connectivity index is 1.95. The molecule has 17 heavy (non-hydrogen) atoms. The first-order chi connectivity index (χ1) is 8.24. The fourth-order valence-electron chi connectivity index (χ4n) is 1.99. The highest BCUT2D eigenvalue weighted by Crippen LogP contribution is 2.24. The molecule has 0 spiro atoms. The zero-order chi connectivity index (χ0) is 12.1. The molecule has 1 aliphatic rings. The third-order valence-electron chi connectivity index (χ3n) is 2.86. The van der Waals surface area contributed by atoms with Crippen molar-refractivity contribution >= 4 is 17.2 Å². The van der Waals surface area contributed by atoms with Crippen LogP contribution in [0.5, 0.6) is 5.75 Å². The van der Waals surface area contributed by atoms with Gasteiger partial charge in [-0.2, -0.15) is 0 Å². The van der Waals surface area contributed by atoms with Crippen LogP contribution in [0.2, 0.25) is 0 Å². The minimum Gasteiger partial charge on any atom is -0.490 e. The molecule has 1 fully saturated rings. The van der Waals surface area contributed by atoms with Crippen molar-refractivity contribution in [3.05, 3.63) is 35.2 Å². The predicted molar refractivity (Wildman–Crippen MR) is 69.1 cm³/mol.